The van der Waals surface area contributed by atoms with E-state index in [-0.39, 0.29) is 0 Å². The number of rotatable bonds is 3. The van der Waals surface area contributed by atoms with E-state index in [4.69, 9.17) is 0 Å². The van der Waals surface area contributed by atoms with Gasteiger partial charge in [-0.05, 0) is 122 Å². The Morgan fingerprint density at radius 3 is 1.17 bits per heavy atom. The second kappa shape index (κ2) is 4.60. The van der Waals surface area contributed by atoms with Crippen molar-refractivity contribution in [3.63, 3.8) is 0 Å². The first kappa shape index (κ1) is 14.6. The Morgan fingerprint density at radius 1 is 0.542 bits per heavy atom. The molecule has 8 aliphatic carbocycles. The predicted octanol–water partition coefficient (Wildman–Crippen LogP) is 6.24. The summed E-state index contributed by atoms with van der Waals surface area (Å²) >= 11 is 0. The van der Waals surface area contributed by atoms with Gasteiger partial charge in [-0.2, -0.15) is 0 Å². The molecule has 24 heavy (non-hydrogen) atoms. The highest BCUT2D eigenvalue weighted by molar-refractivity contribution is 5.21. The Labute approximate surface area is 148 Å². The van der Waals surface area contributed by atoms with Crippen molar-refractivity contribution in [1.29, 1.82) is 0 Å². The molecule has 0 spiro atoms. The maximum atomic E-state index is 4.44. The number of hydrogen-bond acceptors (Lipinski definition) is 0. The summed E-state index contributed by atoms with van der Waals surface area (Å²) in [6.07, 6.45) is 20.2. The smallest absolute Gasteiger partial charge is 0.00817 e. The lowest BCUT2D eigenvalue weighted by atomic mass is 9.35. The molecule has 0 nitrogen and oxygen atoms in total. The topological polar surface area (TPSA) is 0 Å². The largest absolute Gasteiger partial charge is 0.103 e. The summed E-state index contributed by atoms with van der Waals surface area (Å²) in [6.45, 7) is 8.87. The van der Waals surface area contributed by atoms with Crippen LogP contribution in [-0.4, -0.2) is 0 Å². The average Bonchev–Trinajstić information content (AvgIpc) is 2.55. The molecule has 8 rings (SSSR count). The molecule has 0 heterocycles. The molecule has 0 saturated heterocycles. The Balaban J connectivity index is 1.45. The fourth-order valence-corrected chi connectivity index (χ4v) is 10.2. The van der Waals surface area contributed by atoms with Crippen LogP contribution in [0.5, 0.6) is 0 Å². The van der Waals surface area contributed by atoms with Gasteiger partial charge < -0.3 is 0 Å². The van der Waals surface area contributed by atoms with Crippen LogP contribution < -0.4 is 0 Å². The molecular weight excluding hydrogens is 288 g/mol. The molecule has 0 N–H and O–H groups in total. The second-order valence-corrected chi connectivity index (χ2v) is 11.1. The van der Waals surface area contributed by atoms with Crippen LogP contribution in [0.1, 0.15) is 64.2 Å². The van der Waals surface area contributed by atoms with E-state index in [1.165, 1.54) is 25.7 Å². The zero-order valence-electron chi connectivity index (χ0n) is 15.3. The van der Waals surface area contributed by atoms with Crippen LogP contribution in [-0.2, 0) is 0 Å². The van der Waals surface area contributed by atoms with Gasteiger partial charge in [0.1, 0.15) is 0 Å². The molecule has 6 unspecified atom stereocenters. The number of allylic oxidation sites excluding steroid dienone is 2. The summed E-state index contributed by atoms with van der Waals surface area (Å²) in [5.41, 5.74) is 1.01. The monoisotopic (exact) mass is 322 g/mol. The molecule has 0 aromatic carbocycles. The minimum atomic E-state index is 0.505. The maximum Gasteiger partial charge on any atom is -0.00817 e. The van der Waals surface area contributed by atoms with Gasteiger partial charge in [0, 0.05) is 0 Å². The van der Waals surface area contributed by atoms with Crippen molar-refractivity contribution in [2.24, 2.45) is 58.2 Å². The van der Waals surface area contributed by atoms with Gasteiger partial charge in [0.25, 0.3) is 0 Å². The minimum Gasteiger partial charge on any atom is -0.103 e. The van der Waals surface area contributed by atoms with Crippen LogP contribution >= 0.6 is 0 Å². The summed E-state index contributed by atoms with van der Waals surface area (Å²) in [5.74, 6) is 8.09. The quantitative estimate of drug-likeness (QED) is 0.539. The molecule has 8 aliphatic rings. The van der Waals surface area contributed by atoms with E-state index >= 15 is 0 Å². The van der Waals surface area contributed by atoms with Crippen molar-refractivity contribution < 1.29 is 0 Å². The molecule has 0 heteroatoms. The summed E-state index contributed by atoms with van der Waals surface area (Å²) in [7, 11) is 0. The highest BCUT2D eigenvalue weighted by Crippen LogP contribution is 2.73. The van der Waals surface area contributed by atoms with Crippen molar-refractivity contribution in [3.05, 3.63) is 25.3 Å². The maximum absolute atomic E-state index is 4.44. The predicted molar refractivity (Wildman–Crippen MR) is 99.4 cm³/mol. The van der Waals surface area contributed by atoms with Gasteiger partial charge >= 0.3 is 0 Å². The minimum absolute atomic E-state index is 0.505. The standard InChI is InChI=1S/C24H34/c1-3-23-11-15-5-16(12-23)8-19(7-15)21(23)22-20-9-17-6-18(10-20)14-24(22,4-2)13-17/h3-4,15-22H,1-2,5-14H2. The Bertz CT molecular complexity index is 505. The van der Waals surface area contributed by atoms with E-state index in [1.807, 2.05) is 0 Å². The SMILES string of the molecule is C=CC12CC3CC(CC(C3)C1C1C3CC4CC(C3)CC1(C=C)C4)C2. The molecule has 0 amide bonds. The first-order valence-corrected chi connectivity index (χ1v) is 10.9. The van der Waals surface area contributed by atoms with Crippen molar-refractivity contribution in [2.45, 2.75) is 64.2 Å². The van der Waals surface area contributed by atoms with Gasteiger partial charge in [-0.3, -0.25) is 0 Å². The molecule has 0 aromatic heterocycles. The lowest BCUT2D eigenvalue weighted by Gasteiger charge is -2.69. The van der Waals surface area contributed by atoms with Gasteiger partial charge in [-0.25, -0.2) is 0 Å². The van der Waals surface area contributed by atoms with E-state index < -0.39 is 0 Å². The third-order valence-electron chi connectivity index (χ3n) is 10.1. The van der Waals surface area contributed by atoms with Crippen LogP contribution in [0.2, 0.25) is 0 Å². The molecule has 130 valence electrons. The van der Waals surface area contributed by atoms with Gasteiger partial charge in [0.15, 0.2) is 0 Å². The molecular formula is C24H34. The first-order chi connectivity index (χ1) is 11.6. The van der Waals surface area contributed by atoms with E-state index in [9.17, 15) is 0 Å². The molecule has 0 radical (unpaired) electrons. The van der Waals surface area contributed by atoms with Crippen LogP contribution in [0, 0.1) is 58.2 Å². The summed E-state index contributed by atoms with van der Waals surface area (Å²) < 4.78 is 0. The van der Waals surface area contributed by atoms with Gasteiger partial charge in [-0.15, -0.1) is 13.2 Å². The van der Waals surface area contributed by atoms with Crippen molar-refractivity contribution in [3.8, 4) is 0 Å². The van der Waals surface area contributed by atoms with Crippen molar-refractivity contribution >= 4 is 0 Å². The van der Waals surface area contributed by atoms with E-state index in [1.54, 1.807) is 38.5 Å². The van der Waals surface area contributed by atoms with Gasteiger partial charge in [0.2, 0.25) is 0 Å². The van der Waals surface area contributed by atoms with Gasteiger partial charge in [0.05, 0.1) is 0 Å². The van der Waals surface area contributed by atoms with Crippen molar-refractivity contribution in [2.75, 3.05) is 0 Å². The lowest BCUT2D eigenvalue weighted by Crippen LogP contribution is -2.62. The molecule has 0 aliphatic heterocycles. The normalized spacial score (nSPS) is 62.8. The van der Waals surface area contributed by atoms with Crippen molar-refractivity contribution in [1.82, 2.24) is 0 Å². The molecule has 8 bridgehead atoms. The summed E-state index contributed by atoms with van der Waals surface area (Å²) in [5, 5.41) is 0. The zero-order chi connectivity index (χ0) is 16.1. The Hall–Kier alpha value is -0.520. The second-order valence-electron chi connectivity index (χ2n) is 11.1. The van der Waals surface area contributed by atoms with Crippen LogP contribution in [0.25, 0.3) is 0 Å². The molecule has 8 fully saturated rings. The van der Waals surface area contributed by atoms with E-state index in [0.29, 0.717) is 10.8 Å². The fraction of sp³-hybridized carbons (Fsp3) is 0.833. The molecule has 8 saturated carbocycles. The first-order valence-electron chi connectivity index (χ1n) is 10.9. The van der Waals surface area contributed by atoms with E-state index in [2.05, 4.69) is 25.3 Å². The highest BCUT2D eigenvalue weighted by atomic mass is 14.7. The Kier molecular flexibility index (Phi) is 2.80. The summed E-state index contributed by atoms with van der Waals surface area (Å²) in [6, 6.07) is 0. The Morgan fingerprint density at radius 2 is 0.875 bits per heavy atom. The third-order valence-corrected chi connectivity index (χ3v) is 10.1. The average molecular weight is 323 g/mol. The van der Waals surface area contributed by atoms with Crippen LogP contribution in [0.15, 0.2) is 25.3 Å². The van der Waals surface area contributed by atoms with Gasteiger partial charge in [-0.1, -0.05) is 12.2 Å². The summed E-state index contributed by atoms with van der Waals surface area (Å²) in [4.78, 5) is 0. The number of hydrogen-bond donors (Lipinski definition) is 0. The van der Waals surface area contributed by atoms with Crippen LogP contribution in [0.4, 0.5) is 0 Å². The fourth-order valence-electron chi connectivity index (χ4n) is 10.2. The highest BCUT2D eigenvalue weighted by Gasteiger charge is 2.65. The third kappa shape index (κ3) is 1.67. The van der Waals surface area contributed by atoms with E-state index in [0.717, 1.165) is 47.3 Å². The zero-order valence-corrected chi connectivity index (χ0v) is 15.3. The molecule has 0 aromatic rings. The molecule has 6 atom stereocenters. The van der Waals surface area contributed by atoms with Crippen LogP contribution in [0.3, 0.4) is 0 Å². The lowest BCUT2D eigenvalue weighted by molar-refractivity contribution is -0.185. The number of fused-ring (bicyclic) bond motifs is 1.